The zero-order chi connectivity index (χ0) is 11.5. The van der Waals surface area contributed by atoms with Crippen LogP contribution in [0.5, 0.6) is 0 Å². The Morgan fingerprint density at radius 2 is 2.38 bits per heavy atom. The molecule has 0 spiro atoms. The van der Waals surface area contributed by atoms with Crippen LogP contribution in [0.3, 0.4) is 0 Å². The number of benzene rings is 1. The van der Waals surface area contributed by atoms with Crippen LogP contribution in [-0.2, 0) is 0 Å². The van der Waals surface area contributed by atoms with Crippen LogP contribution in [0.2, 0.25) is 0 Å². The molecular weight excluding hydrogens is 204 g/mol. The lowest BCUT2D eigenvalue weighted by Gasteiger charge is -2.18. The van der Waals surface area contributed by atoms with Crippen LogP contribution in [0.25, 0.3) is 0 Å². The SMILES string of the molecule is NC(c1cccc(C(=O)O)c1)C1CCNC1. The summed E-state index contributed by atoms with van der Waals surface area (Å²) >= 11 is 0. The lowest BCUT2D eigenvalue weighted by molar-refractivity contribution is 0.0696. The van der Waals surface area contributed by atoms with E-state index >= 15 is 0 Å². The van der Waals surface area contributed by atoms with Gasteiger partial charge in [0.25, 0.3) is 0 Å². The first-order chi connectivity index (χ1) is 7.68. The Balaban J connectivity index is 2.18. The number of carboxylic acid groups (broad SMARTS) is 1. The van der Waals surface area contributed by atoms with Gasteiger partial charge in [-0.3, -0.25) is 0 Å². The van der Waals surface area contributed by atoms with Gasteiger partial charge in [0.15, 0.2) is 0 Å². The number of carboxylic acids is 1. The van der Waals surface area contributed by atoms with Crippen LogP contribution < -0.4 is 11.1 Å². The summed E-state index contributed by atoms with van der Waals surface area (Å²) in [5.74, 6) is -0.498. The maximum atomic E-state index is 10.8. The third kappa shape index (κ3) is 2.23. The minimum atomic E-state index is -0.904. The van der Waals surface area contributed by atoms with Gasteiger partial charge in [-0.1, -0.05) is 12.1 Å². The molecule has 1 heterocycles. The molecule has 2 atom stereocenters. The topological polar surface area (TPSA) is 75.4 Å². The first-order valence-corrected chi connectivity index (χ1v) is 5.48. The second kappa shape index (κ2) is 4.63. The van der Waals surface area contributed by atoms with Crippen molar-refractivity contribution in [3.05, 3.63) is 35.4 Å². The molecule has 0 radical (unpaired) electrons. The van der Waals surface area contributed by atoms with Gasteiger partial charge in [0, 0.05) is 6.04 Å². The molecule has 1 fully saturated rings. The number of nitrogens with one attached hydrogen (secondary N) is 1. The highest BCUT2D eigenvalue weighted by Crippen LogP contribution is 2.24. The highest BCUT2D eigenvalue weighted by atomic mass is 16.4. The van der Waals surface area contributed by atoms with Crippen LogP contribution in [-0.4, -0.2) is 24.2 Å². The Labute approximate surface area is 94.5 Å². The monoisotopic (exact) mass is 220 g/mol. The fraction of sp³-hybridized carbons (Fsp3) is 0.417. The van der Waals surface area contributed by atoms with Gasteiger partial charge < -0.3 is 16.2 Å². The molecule has 1 aliphatic rings. The standard InChI is InChI=1S/C12H16N2O2/c13-11(10-4-5-14-7-10)8-2-1-3-9(6-8)12(15)16/h1-3,6,10-11,14H,4-5,7,13H2,(H,15,16). The summed E-state index contributed by atoms with van der Waals surface area (Å²) in [5.41, 5.74) is 7.35. The molecule has 0 aliphatic carbocycles. The number of nitrogens with two attached hydrogens (primary N) is 1. The van der Waals surface area contributed by atoms with Gasteiger partial charge >= 0.3 is 5.97 Å². The van der Waals surface area contributed by atoms with Crippen molar-refractivity contribution in [2.24, 2.45) is 11.7 Å². The van der Waals surface area contributed by atoms with Crippen molar-refractivity contribution in [2.45, 2.75) is 12.5 Å². The second-order valence-corrected chi connectivity index (χ2v) is 4.21. The maximum absolute atomic E-state index is 10.8. The quantitative estimate of drug-likeness (QED) is 0.710. The number of hydrogen-bond acceptors (Lipinski definition) is 3. The molecule has 1 aromatic carbocycles. The highest BCUT2D eigenvalue weighted by Gasteiger charge is 2.23. The molecule has 0 saturated carbocycles. The highest BCUT2D eigenvalue weighted by molar-refractivity contribution is 5.87. The van der Waals surface area contributed by atoms with Crippen LogP contribution >= 0.6 is 0 Å². The maximum Gasteiger partial charge on any atom is 0.335 e. The van der Waals surface area contributed by atoms with Crippen LogP contribution in [0.4, 0.5) is 0 Å². The summed E-state index contributed by atoms with van der Waals surface area (Å²) in [4.78, 5) is 10.8. The molecule has 0 aromatic heterocycles. The summed E-state index contributed by atoms with van der Waals surface area (Å²) in [5, 5.41) is 12.2. The van der Waals surface area contributed by atoms with Crippen molar-refractivity contribution >= 4 is 5.97 Å². The van der Waals surface area contributed by atoms with Gasteiger partial charge in [-0.05, 0) is 43.1 Å². The number of rotatable bonds is 3. The normalized spacial score (nSPS) is 21.9. The van der Waals surface area contributed by atoms with Gasteiger partial charge in [-0.15, -0.1) is 0 Å². The summed E-state index contributed by atoms with van der Waals surface area (Å²) in [6.07, 6.45) is 1.05. The van der Waals surface area contributed by atoms with E-state index in [0.29, 0.717) is 11.5 Å². The third-order valence-electron chi connectivity index (χ3n) is 3.12. The summed E-state index contributed by atoms with van der Waals surface area (Å²) in [6.45, 7) is 1.91. The molecule has 2 unspecified atom stereocenters. The molecule has 4 heteroatoms. The van der Waals surface area contributed by atoms with E-state index in [9.17, 15) is 4.79 Å². The lowest BCUT2D eigenvalue weighted by atomic mass is 9.92. The van der Waals surface area contributed by atoms with Gasteiger partial charge in [0.05, 0.1) is 5.56 Å². The minimum absolute atomic E-state index is 0.0747. The van der Waals surface area contributed by atoms with Crippen molar-refractivity contribution in [1.29, 1.82) is 0 Å². The van der Waals surface area contributed by atoms with E-state index < -0.39 is 5.97 Å². The Kier molecular flexibility index (Phi) is 3.22. The fourth-order valence-corrected chi connectivity index (χ4v) is 2.13. The molecule has 0 amide bonds. The Hall–Kier alpha value is -1.39. The first kappa shape index (κ1) is 11.1. The molecule has 4 N–H and O–H groups in total. The second-order valence-electron chi connectivity index (χ2n) is 4.21. The smallest absolute Gasteiger partial charge is 0.335 e. The molecule has 1 aliphatic heterocycles. The van der Waals surface area contributed by atoms with Crippen molar-refractivity contribution in [3.63, 3.8) is 0 Å². The van der Waals surface area contributed by atoms with Gasteiger partial charge in [-0.25, -0.2) is 4.79 Å². The Morgan fingerprint density at radius 3 is 3.00 bits per heavy atom. The summed E-state index contributed by atoms with van der Waals surface area (Å²) in [6, 6.07) is 6.84. The van der Waals surface area contributed by atoms with E-state index in [1.165, 1.54) is 0 Å². The average Bonchev–Trinajstić information content (AvgIpc) is 2.81. The van der Waals surface area contributed by atoms with E-state index in [1.54, 1.807) is 18.2 Å². The molecule has 1 saturated heterocycles. The predicted octanol–water partition coefficient (Wildman–Crippen LogP) is 0.994. The van der Waals surface area contributed by atoms with E-state index in [1.807, 2.05) is 6.07 Å². The Morgan fingerprint density at radius 1 is 1.56 bits per heavy atom. The number of carbonyl (C=O) groups is 1. The molecule has 1 aromatic rings. The molecule has 0 bridgehead atoms. The average molecular weight is 220 g/mol. The number of hydrogen-bond donors (Lipinski definition) is 3. The van der Waals surface area contributed by atoms with E-state index in [0.717, 1.165) is 25.1 Å². The van der Waals surface area contributed by atoms with Crippen molar-refractivity contribution < 1.29 is 9.90 Å². The van der Waals surface area contributed by atoms with E-state index in [4.69, 9.17) is 10.8 Å². The zero-order valence-corrected chi connectivity index (χ0v) is 9.02. The van der Waals surface area contributed by atoms with Gasteiger partial charge in [0.2, 0.25) is 0 Å². The van der Waals surface area contributed by atoms with Gasteiger partial charge in [0.1, 0.15) is 0 Å². The lowest BCUT2D eigenvalue weighted by Crippen LogP contribution is -2.23. The van der Waals surface area contributed by atoms with Crippen LogP contribution in [0.1, 0.15) is 28.4 Å². The fourth-order valence-electron chi connectivity index (χ4n) is 2.13. The zero-order valence-electron chi connectivity index (χ0n) is 9.02. The molecular formula is C12H16N2O2. The third-order valence-corrected chi connectivity index (χ3v) is 3.12. The molecule has 2 rings (SSSR count). The summed E-state index contributed by atoms with van der Waals surface area (Å²) < 4.78 is 0. The van der Waals surface area contributed by atoms with E-state index in [-0.39, 0.29) is 6.04 Å². The Bertz CT molecular complexity index is 386. The summed E-state index contributed by atoms with van der Waals surface area (Å²) in [7, 11) is 0. The molecule has 16 heavy (non-hydrogen) atoms. The van der Waals surface area contributed by atoms with Crippen LogP contribution in [0.15, 0.2) is 24.3 Å². The predicted molar refractivity (Wildman–Crippen MR) is 61.3 cm³/mol. The van der Waals surface area contributed by atoms with Gasteiger partial charge in [-0.2, -0.15) is 0 Å². The first-order valence-electron chi connectivity index (χ1n) is 5.48. The molecule has 86 valence electrons. The van der Waals surface area contributed by atoms with E-state index in [2.05, 4.69) is 5.32 Å². The minimum Gasteiger partial charge on any atom is -0.478 e. The number of aromatic carboxylic acids is 1. The van der Waals surface area contributed by atoms with Crippen molar-refractivity contribution in [1.82, 2.24) is 5.32 Å². The van der Waals surface area contributed by atoms with Crippen molar-refractivity contribution in [2.75, 3.05) is 13.1 Å². The largest absolute Gasteiger partial charge is 0.478 e. The van der Waals surface area contributed by atoms with Crippen LogP contribution in [0, 0.1) is 5.92 Å². The molecule has 4 nitrogen and oxygen atoms in total. The van der Waals surface area contributed by atoms with Crippen molar-refractivity contribution in [3.8, 4) is 0 Å².